The number of benzene rings is 2. The first-order chi connectivity index (χ1) is 18.2. The van der Waals surface area contributed by atoms with E-state index in [1.165, 1.54) is 6.42 Å². The van der Waals surface area contributed by atoms with Gasteiger partial charge < -0.3 is 19.9 Å². The van der Waals surface area contributed by atoms with Crippen LogP contribution in [-0.4, -0.2) is 42.0 Å². The number of rotatable bonds is 8. The maximum Gasteiger partial charge on any atom is 0.282 e. The second kappa shape index (κ2) is 10.8. The van der Waals surface area contributed by atoms with Crippen LogP contribution in [0.5, 0.6) is 0 Å². The number of anilines is 2. The van der Waals surface area contributed by atoms with E-state index in [1.807, 2.05) is 49.4 Å². The Kier molecular flexibility index (Phi) is 7.45. The van der Waals surface area contributed by atoms with Crippen LogP contribution in [0.1, 0.15) is 25.0 Å². The third-order valence-corrected chi connectivity index (χ3v) is 9.11. The van der Waals surface area contributed by atoms with Gasteiger partial charge in [-0.05, 0) is 49.9 Å². The number of aromatic nitrogens is 3. The number of hydrogen-bond acceptors (Lipinski definition) is 5. The number of nitrogens with zero attached hydrogens (tertiary/aromatic N) is 4. The fourth-order valence-corrected chi connectivity index (χ4v) is 5.97. The summed E-state index contributed by atoms with van der Waals surface area (Å²) >= 11 is 0. The van der Waals surface area contributed by atoms with Crippen LogP contribution >= 0.6 is 0 Å². The van der Waals surface area contributed by atoms with Gasteiger partial charge in [0.05, 0.1) is 5.56 Å². The van der Waals surface area contributed by atoms with Crippen LogP contribution in [0.3, 0.4) is 0 Å². The Morgan fingerprint density at radius 2 is 1.63 bits per heavy atom. The van der Waals surface area contributed by atoms with Gasteiger partial charge in [0.15, 0.2) is 5.65 Å². The van der Waals surface area contributed by atoms with E-state index in [2.05, 4.69) is 41.2 Å². The highest BCUT2D eigenvalue weighted by molar-refractivity contribution is 6.76. The number of nitrogens with two attached hydrogens (primary N) is 1. The molecule has 0 radical (unpaired) electrons. The lowest BCUT2D eigenvalue weighted by Gasteiger charge is -2.30. The summed E-state index contributed by atoms with van der Waals surface area (Å²) in [5.74, 6) is 0. The van der Waals surface area contributed by atoms with Gasteiger partial charge >= 0.3 is 0 Å². The van der Waals surface area contributed by atoms with Gasteiger partial charge in [0.1, 0.15) is 18.1 Å². The summed E-state index contributed by atoms with van der Waals surface area (Å²) in [5, 5.41) is 5.00. The van der Waals surface area contributed by atoms with E-state index in [1.54, 1.807) is 4.52 Å². The SMILES string of the molecule is Cc1c(-c2ccc(N)cc2)c(=O)n2nc(-c3ccccc3)c(N3CCCCC3)c2n1COCC[Si](C)(C)C. The van der Waals surface area contributed by atoms with E-state index in [0.29, 0.717) is 24.6 Å². The first kappa shape index (κ1) is 26.3. The van der Waals surface area contributed by atoms with Gasteiger partial charge in [-0.25, -0.2) is 0 Å². The van der Waals surface area contributed by atoms with Crippen LogP contribution < -0.4 is 16.2 Å². The van der Waals surface area contributed by atoms with Crippen molar-refractivity contribution in [1.82, 2.24) is 14.2 Å². The summed E-state index contributed by atoms with van der Waals surface area (Å²) in [7, 11) is -1.24. The Hall–Kier alpha value is -3.36. The molecule has 5 rings (SSSR count). The van der Waals surface area contributed by atoms with Crippen LogP contribution in [0.15, 0.2) is 59.4 Å². The molecule has 0 saturated carbocycles. The molecule has 7 nitrogen and oxygen atoms in total. The molecule has 1 aliphatic heterocycles. The van der Waals surface area contributed by atoms with Crippen molar-refractivity contribution in [2.24, 2.45) is 0 Å². The van der Waals surface area contributed by atoms with Crippen molar-refractivity contribution in [2.75, 3.05) is 30.3 Å². The van der Waals surface area contributed by atoms with Gasteiger partial charge in [-0.3, -0.25) is 4.79 Å². The zero-order chi connectivity index (χ0) is 26.9. The summed E-state index contributed by atoms with van der Waals surface area (Å²) in [5.41, 5.74) is 12.5. The standard InChI is InChI=1S/C30H39N5O2Si/c1-22-26(23-13-15-25(31)16-14-23)30(36)35-29(34(22)21-37-19-20-38(2,3)4)28(33-17-9-6-10-18-33)27(32-35)24-11-7-5-8-12-24/h5,7-8,11-16H,6,9-10,17-21,31H2,1-4H3. The molecule has 0 aliphatic carbocycles. The Morgan fingerprint density at radius 3 is 2.29 bits per heavy atom. The van der Waals surface area contributed by atoms with Crippen LogP contribution in [0.25, 0.3) is 28.0 Å². The van der Waals surface area contributed by atoms with Gasteiger partial charge in [-0.15, -0.1) is 0 Å². The van der Waals surface area contributed by atoms with Crippen LogP contribution in [0, 0.1) is 6.92 Å². The van der Waals surface area contributed by atoms with E-state index in [9.17, 15) is 4.79 Å². The summed E-state index contributed by atoms with van der Waals surface area (Å²) in [6, 6.07) is 18.8. The third kappa shape index (κ3) is 5.28. The van der Waals surface area contributed by atoms with Crippen LogP contribution in [-0.2, 0) is 11.5 Å². The zero-order valence-electron chi connectivity index (χ0n) is 23.0. The summed E-state index contributed by atoms with van der Waals surface area (Å²) in [4.78, 5) is 16.5. The molecule has 38 heavy (non-hydrogen) atoms. The number of hydrogen-bond donors (Lipinski definition) is 1. The average molecular weight is 530 g/mol. The molecule has 1 fully saturated rings. The van der Waals surface area contributed by atoms with Crippen LogP contribution in [0.2, 0.25) is 25.7 Å². The van der Waals surface area contributed by atoms with E-state index >= 15 is 0 Å². The van der Waals surface area contributed by atoms with Gasteiger partial charge in [0.2, 0.25) is 0 Å². The molecule has 0 spiro atoms. The van der Waals surface area contributed by atoms with E-state index < -0.39 is 8.07 Å². The van der Waals surface area contributed by atoms with Crippen molar-refractivity contribution in [3.05, 3.63) is 70.6 Å². The fraction of sp³-hybridized carbons (Fsp3) is 0.400. The third-order valence-electron chi connectivity index (χ3n) is 7.40. The fourth-order valence-electron chi connectivity index (χ4n) is 5.21. The lowest BCUT2D eigenvalue weighted by atomic mass is 10.0. The Bertz CT molecular complexity index is 1460. The smallest absolute Gasteiger partial charge is 0.282 e. The molecule has 2 aromatic carbocycles. The lowest BCUT2D eigenvalue weighted by molar-refractivity contribution is 0.0878. The minimum atomic E-state index is -1.24. The molecule has 1 aliphatic rings. The molecule has 200 valence electrons. The average Bonchev–Trinajstić information content (AvgIpc) is 3.31. The molecule has 0 bridgehead atoms. The van der Waals surface area contributed by atoms with Gasteiger partial charge in [-0.1, -0.05) is 62.1 Å². The van der Waals surface area contributed by atoms with Crippen molar-refractivity contribution >= 4 is 25.1 Å². The topological polar surface area (TPSA) is 77.8 Å². The predicted molar refractivity (Wildman–Crippen MR) is 160 cm³/mol. The molecule has 8 heteroatoms. The van der Waals surface area contributed by atoms with Crippen molar-refractivity contribution in [3.63, 3.8) is 0 Å². The highest BCUT2D eigenvalue weighted by Crippen LogP contribution is 2.37. The highest BCUT2D eigenvalue weighted by atomic mass is 28.3. The summed E-state index contributed by atoms with van der Waals surface area (Å²) < 4.78 is 10.1. The lowest BCUT2D eigenvalue weighted by Crippen LogP contribution is -2.31. The van der Waals surface area contributed by atoms with Crippen molar-refractivity contribution in [2.45, 2.75) is 58.6 Å². The van der Waals surface area contributed by atoms with E-state index in [4.69, 9.17) is 15.6 Å². The summed E-state index contributed by atoms with van der Waals surface area (Å²) in [6.07, 6.45) is 3.49. The number of piperidine rings is 1. The minimum Gasteiger partial charge on any atom is -0.399 e. The molecule has 0 atom stereocenters. The normalized spacial score (nSPS) is 14.4. The zero-order valence-corrected chi connectivity index (χ0v) is 24.0. The van der Waals surface area contributed by atoms with E-state index in [0.717, 1.165) is 65.8 Å². The minimum absolute atomic E-state index is 0.124. The molecule has 2 N–H and O–H groups in total. The molecular formula is C30H39N5O2Si. The maximum atomic E-state index is 14.1. The van der Waals surface area contributed by atoms with Crippen molar-refractivity contribution < 1.29 is 4.74 Å². The Morgan fingerprint density at radius 1 is 0.947 bits per heavy atom. The van der Waals surface area contributed by atoms with Gasteiger partial charge in [0.25, 0.3) is 5.56 Å². The monoisotopic (exact) mass is 529 g/mol. The van der Waals surface area contributed by atoms with Gasteiger partial charge in [-0.2, -0.15) is 9.61 Å². The molecule has 1 saturated heterocycles. The molecule has 4 aromatic rings. The molecule has 3 heterocycles. The maximum absolute atomic E-state index is 14.1. The molecule has 0 unspecified atom stereocenters. The Balaban J connectivity index is 1.76. The molecule has 2 aromatic heterocycles. The first-order valence-electron chi connectivity index (χ1n) is 13.6. The van der Waals surface area contributed by atoms with E-state index in [-0.39, 0.29) is 5.56 Å². The highest BCUT2D eigenvalue weighted by Gasteiger charge is 2.28. The second-order valence-electron chi connectivity index (χ2n) is 11.5. The van der Waals surface area contributed by atoms with Crippen LogP contribution in [0.4, 0.5) is 11.4 Å². The first-order valence-corrected chi connectivity index (χ1v) is 17.4. The van der Waals surface area contributed by atoms with Gasteiger partial charge in [0, 0.05) is 44.7 Å². The quantitative estimate of drug-likeness (QED) is 0.171. The summed E-state index contributed by atoms with van der Waals surface area (Å²) in [6.45, 7) is 12.0. The second-order valence-corrected chi connectivity index (χ2v) is 17.1. The number of nitrogen functional groups attached to an aromatic ring is 1. The largest absolute Gasteiger partial charge is 0.399 e. The number of ether oxygens (including phenoxy) is 1. The Labute approximate surface area is 225 Å². The van der Waals surface area contributed by atoms with Crippen molar-refractivity contribution in [1.29, 1.82) is 0 Å². The number of fused-ring (bicyclic) bond motifs is 1. The predicted octanol–water partition coefficient (Wildman–Crippen LogP) is 6.02. The molecular weight excluding hydrogens is 490 g/mol. The van der Waals surface area contributed by atoms with Crippen molar-refractivity contribution in [3.8, 4) is 22.4 Å². The molecule has 0 amide bonds.